The summed E-state index contributed by atoms with van der Waals surface area (Å²) < 4.78 is 23.9. The average molecular weight is 436 g/mol. The van der Waals surface area contributed by atoms with E-state index in [2.05, 4.69) is 41.6 Å². The van der Waals surface area contributed by atoms with Crippen LogP contribution >= 0.6 is 0 Å². The summed E-state index contributed by atoms with van der Waals surface area (Å²) in [4.78, 5) is 3.72. The fourth-order valence-electron chi connectivity index (χ4n) is 4.60. The van der Waals surface area contributed by atoms with Crippen LogP contribution in [0.1, 0.15) is 30.9 Å². The minimum atomic E-state index is -0.318. The van der Waals surface area contributed by atoms with Crippen LogP contribution in [0.25, 0.3) is 49.2 Å². The Kier molecular flexibility index (Phi) is 4.98. The number of hydrogen-bond acceptors (Lipinski definition) is 1. The lowest BCUT2D eigenvalue weighted by Crippen LogP contribution is -2.31. The van der Waals surface area contributed by atoms with Gasteiger partial charge in [-0.05, 0) is 36.1 Å². The van der Waals surface area contributed by atoms with Crippen LogP contribution in [0.3, 0.4) is 0 Å². The molecule has 33 heavy (non-hydrogen) atoms. The van der Waals surface area contributed by atoms with Crippen LogP contribution in [0.15, 0.2) is 71.3 Å². The van der Waals surface area contributed by atoms with Gasteiger partial charge in [0, 0.05) is 22.6 Å². The first kappa shape index (κ1) is 20.9. The number of furan rings is 1. The summed E-state index contributed by atoms with van der Waals surface area (Å²) in [7, 11) is 2.00. The van der Waals surface area contributed by atoms with Gasteiger partial charge in [-0.1, -0.05) is 56.3 Å². The predicted octanol–water partition coefficient (Wildman–Crippen LogP) is 7.87. The van der Waals surface area contributed by atoms with Crippen molar-refractivity contribution in [3.05, 3.63) is 95.2 Å². The SMILES string of the molecule is [C-]#[N+]c1ccc2c(oc3c(-c4ccc(C(C)C)c[n+]4C)c(C)cc(F)c32)c1-c1ccccc1. The molecule has 2 aromatic heterocycles. The molecule has 4 heteroatoms. The van der Waals surface area contributed by atoms with E-state index in [0.29, 0.717) is 39.1 Å². The van der Waals surface area contributed by atoms with Crippen molar-refractivity contribution in [1.29, 1.82) is 0 Å². The fraction of sp³-hybridized carbons (Fsp3) is 0.172. The van der Waals surface area contributed by atoms with E-state index in [1.165, 1.54) is 5.56 Å². The maximum atomic E-state index is 15.4. The number of pyridine rings is 1. The summed E-state index contributed by atoms with van der Waals surface area (Å²) in [6.45, 7) is 13.9. The maximum absolute atomic E-state index is 15.4. The van der Waals surface area contributed by atoms with Crippen molar-refractivity contribution < 1.29 is 13.4 Å². The molecule has 162 valence electrons. The lowest BCUT2D eigenvalue weighted by molar-refractivity contribution is -0.660. The number of nitrogens with zero attached hydrogens (tertiary/aromatic N) is 2. The first-order chi connectivity index (χ1) is 15.9. The van der Waals surface area contributed by atoms with Gasteiger partial charge in [-0.15, -0.1) is 0 Å². The van der Waals surface area contributed by atoms with Gasteiger partial charge in [-0.2, -0.15) is 0 Å². The molecule has 0 aliphatic carbocycles. The van der Waals surface area contributed by atoms with E-state index in [9.17, 15) is 0 Å². The monoisotopic (exact) mass is 435 g/mol. The molecule has 0 fully saturated rings. The number of fused-ring (bicyclic) bond motifs is 3. The van der Waals surface area contributed by atoms with Gasteiger partial charge >= 0.3 is 0 Å². The van der Waals surface area contributed by atoms with E-state index in [4.69, 9.17) is 11.0 Å². The van der Waals surface area contributed by atoms with E-state index in [-0.39, 0.29) is 5.82 Å². The molecule has 0 saturated carbocycles. The van der Waals surface area contributed by atoms with E-state index >= 15 is 4.39 Å². The minimum Gasteiger partial charge on any atom is -0.456 e. The molecule has 3 nitrogen and oxygen atoms in total. The molecule has 0 unspecified atom stereocenters. The second-order valence-electron chi connectivity index (χ2n) is 8.78. The Morgan fingerprint density at radius 2 is 1.73 bits per heavy atom. The van der Waals surface area contributed by atoms with Gasteiger partial charge in [0.1, 0.15) is 18.4 Å². The minimum absolute atomic E-state index is 0.318. The third-order valence-corrected chi connectivity index (χ3v) is 6.30. The van der Waals surface area contributed by atoms with Gasteiger partial charge in [-0.3, -0.25) is 0 Å². The van der Waals surface area contributed by atoms with E-state index < -0.39 is 0 Å². The highest BCUT2D eigenvalue weighted by Crippen LogP contribution is 2.45. The third kappa shape index (κ3) is 3.29. The van der Waals surface area contributed by atoms with Crippen molar-refractivity contribution in [1.82, 2.24) is 0 Å². The van der Waals surface area contributed by atoms with Crippen LogP contribution in [0.5, 0.6) is 0 Å². The molecule has 0 atom stereocenters. The number of benzene rings is 3. The van der Waals surface area contributed by atoms with Crippen LogP contribution < -0.4 is 4.57 Å². The summed E-state index contributed by atoms with van der Waals surface area (Å²) in [5, 5.41) is 1.13. The lowest BCUT2D eigenvalue weighted by atomic mass is 9.97. The Morgan fingerprint density at radius 3 is 2.39 bits per heavy atom. The average Bonchev–Trinajstić information content (AvgIpc) is 3.19. The van der Waals surface area contributed by atoms with Gasteiger partial charge in [0.25, 0.3) is 0 Å². The number of halogens is 1. The molecular weight excluding hydrogens is 411 g/mol. The Balaban J connectivity index is 1.90. The molecule has 5 aromatic rings. The second kappa shape index (κ2) is 7.86. The van der Waals surface area contributed by atoms with E-state index in [0.717, 1.165) is 22.4 Å². The third-order valence-electron chi connectivity index (χ3n) is 6.30. The standard InChI is InChI=1S/C29H24FN2O/c1-17(2)20-11-14-24(32(5)16-20)25-18(3)15-22(30)27-21-12-13-23(31-4)26(28(21)33-29(25)27)19-9-7-6-8-10-19/h6-17H,1-3,5H3/q+1. The Labute approximate surface area is 192 Å². The zero-order valence-corrected chi connectivity index (χ0v) is 19.1. The zero-order valence-electron chi connectivity index (χ0n) is 19.1. The Hall–Kier alpha value is -3.97. The molecule has 0 spiro atoms. The van der Waals surface area contributed by atoms with Crippen molar-refractivity contribution >= 4 is 27.6 Å². The Bertz CT molecular complexity index is 1570. The molecule has 3 aromatic carbocycles. The summed E-state index contributed by atoms with van der Waals surface area (Å²) in [5.74, 6) is 0.0901. The second-order valence-corrected chi connectivity index (χ2v) is 8.78. The summed E-state index contributed by atoms with van der Waals surface area (Å²) in [5.41, 5.74) is 6.95. The molecule has 0 N–H and O–H groups in total. The van der Waals surface area contributed by atoms with Gasteiger partial charge in [0.2, 0.25) is 5.69 Å². The van der Waals surface area contributed by atoms with Crippen molar-refractivity contribution in [2.24, 2.45) is 7.05 Å². The van der Waals surface area contributed by atoms with Crippen LogP contribution in [0, 0.1) is 19.3 Å². The highest BCUT2D eigenvalue weighted by Gasteiger charge is 2.25. The molecule has 2 heterocycles. The normalized spacial score (nSPS) is 11.4. The molecule has 5 rings (SSSR count). The fourth-order valence-corrected chi connectivity index (χ4v) is 4.60. The van der Waals surface area contributed by atoms with Gasteiger partial charge < -0.3 is 4.42 Å². The Morgan fingerprint density at radius 1 is 0.970 bits per heavy atom. The van der Waals surface area contributed by atoms with Crippen molar-refractivity contribution in [3.63, 3.8) is 0 Å². The highest BCUT2D eigenvalue weighted by molar-refractivity contribution is 6.15. The summed E-state index contributed by atoms with van der Waals surface area (Å²) in [6.07, 6.45) is 2.11. The predicted molar refractivity (Wildman–Crippen MR) is 131 cm³/mol. The maximum Gasteiger partial charge on any atom is 0.216 e. The lowest BCUT2D eigenvalue weighted by Gasteiger charge is -2.09. The van der Waals surface area contributed by atoms with Gasteiger partial charge in [0.15, 0.2) is 17.5 Å². The van der Waals surface area contributed by atoms with E-state index in [1.54, 1.807) is 18.2 Å². The first-order valence-corrected chi connectivity index (χ1v) is 11.0. The highest BCUT2D eigenvalue weighted by atomic mass is 19.1. The van der Waals surface area contributed by atoms with Gasteiger partial charge in [0.05, 0.1) is 17.5 Å². The molecular formula is C29H24FN2O+. The van der Waals surface area contributed by atoms with Crippen molar-refractivity contribution in [3.8, 4) is 22.4 Å². The van der Waals surface area contributed by atoms with Crippen LogP contribution in [-0.2, 0) is 7.05 Å². The van der Waals surface area contributed by atoms with Crippen molar-refractivity contribution in [2.75, 3.05) is 0 Å². The largest absolute Gasteiger partial charge is 0.456 e. The molecule has 0 bridgehead atoms. The zero-order chi connectivity index (χ0) is 23.3. The molecule has 0 aliphatic rings. The first-order valence-electron chi connectivity index (χ1n) is 11.0. The number of rotatable bonds is 3. The quantitative estimate of drug-likeness (QED) is 0.209. The van der Waals surface area contributed by atoms with E-state index in [1.807, 2.05) is 44.3 Å². The number of hydrogen-bond donors (Lipinski definition) is 0. The van der Waals surface area contributed by atoms with Crippen LogP contribution in [0.4, 0.5) is 10.1 Å². The molecule has 0 amide bonds. The van der Waals surface area contributed by atoms with Crippen LogP contribution in [0.2, 0.25) is 0 Å². The molecule has 0 saturated heterocycles. The number of aryl methyl sites for hydroxylation is 2. The summed E-state index contributed by atoms with van der Waals surface area (Å²) >= 11 is 0. The van der Waals surface area contributed by atoms with Gasteiger partial charge in [-0.25, -0.2) is 13.8 Å². The van der Waals surface area contributed by atoms with Crippen LogP contribution in [-0.4, -0.2) is 0 Å². The molecule has 0 aliphatic heterocycles. The summed E-state index contributed by atoms with van der Waals surface area (Å²) in [6, 6.07) is 19.0. The molecule has 0 radical (unpaired) electrons. The smallest absolute Gasteiger partial charge is 0.216 e. The number of aromatic nitrogens is 1. The topological polar surface area (TPSA) is 21.4 Å². The van der Waals surface area contributed by atoms with Crippen molar-refractivity contribution in [2.45, 2.75) is 26.7 Å².